The number of halogens is 1. The molecule has 1 aromatic rings. The van der Waals surface area contributed by atoms with E-state index in [1.165, 1.54) is 6.20 Å². The highest BCUT2D eigenvalue weighted by Crippen LogP contribution is 2.30. The number of aromatic nitrogens is 1. The van der Waals surface area contributed by atoms with E-state index >= 15 is 0 Å². The molecule has 1 amide bonds. The van der Waals surface area contributed by atoms with Crippen molar-refractivity contribution in [1.82, 2.24) is 9.88 Å². The first-order valence-electron chi connectivity index (χ1n) is 6.84. The second-order valence-corrected chi connectivity index (χ2v) is 6.42. The lowest BCUT2D eigenvalue weighted by Gasteiger charge is -2.23. The van der Waals surface area contributed by atoms with Gasteiger partial charge in [-0.2, -0.15) is 0 Å². The first-order valence-corrected chi connectivity index (χ1v) is 7.22. The molecule has 1 aliphatic rings. The van der Waals surface area contributed by atoms with Crippen molar-refractivity contribution in [2.24, 2.45) is 11.3 Å². The summed E-state index contributed by atoms with van der Waals surface area (Å²) in [4.78, 5) is 18.4. The predicted molar refractivity (Wildman–Crippen MR) is 80.6 cm³/mol. The van der Waals surface area contributed by atoms with Crippen LogP contribution in [0.3, 0.4) is 0 Å². The Hall–Kier alpha value is -1.33. The number of carbonyl (C=O) groups is 1. The summed E-state index contributed by atoms with van der Waals surface area (Å²) in [6.07, 6.45) is 4.70. The van der Waals surface area contributed by atoms with Crippen LogP contribution >= 0.6 is 11.6 Å². The Labute approximate surface area is 124 Å². The molecule has 5 nitrogen and oxygen atoms in total. The van der Waals surface area contributed by atoms with Crippen LogP contribution in [0.1, 0.15) is 43.5 Å². The van der Waals surface area contributed by atoms with Gasteiger partial charge in [0.25, 0.3) is 5.91 Å². The topological polar surface area (TPSA) is 71.2 Å². The summed E-state index contributed by atoms with van der Waals surface area (Å²) in [5, 5.41) is 0.355. The van der Waals surface area contributed by atoms with E-state index in [1.54, 1.807) is 6.07 Å². The van der Waals surface area contributed by atoms with Crippen molar-refractivity contribution in [3.8, 4) is 0 Å². The minimum Gasteiger partial charge on any atom is -0.339 e. The highest BCUT2D eigenvalue weighted by Gasteiger charge is 2.26. The van der Waals surface area contributed by atoms with Crippen molar-refractivity contribution in [2.45, 2.75) is 33.1 Å². The highest BCUT2D eigenvalue weighted by molar-refractivity contribution is 6.33. The fourth-order valence-electron chi connectivity index (χ4n) is 2.47. The highest BCUT2D eigenvalue weighted by atomic mass is 35.5. The number of hydrogen-bond donors (Lipinski definition) is 2. The van der Waals surface area contributed by atoms with Crippen LogP contribution in [0.2, 0.25) is 5.02 Å². The number of pyridine rings is 1. The molecule has 1 fully saturated rings. The molecule has 0 atom stereocenters. The van der Waals surface area contributed by atoms with Gasteiger partial charge in [0.2, 0.25) is 0 Å². The number of hydrogen-bond acceptors (Lipinski definition) is 4. The second kappa shape index (κ2) is 5.97. The molecule has 0 radical (unpaired) electrons. The zero-order chi connectivity index (χ0) is 14.8. The average molecular weight is 297 g/mol. The minimum atomic E-state index is -0.0133. The summed E-state index contributed by atoms with van der Waals surface area (Å²) in [5.41, 5.74) is 3.21. The van der Waals surface area contributed by atoms with E-state index in [1.807, 2.05) is 4.90 Å². The standard InChI is InChI=1S/C14H21ClN4O/c1-14(2)4-3-6-19(7-5-14)13(20)10-8-11(15)12(18-16)17-9-10/h8-9H,3-7,16H2,1-2H3,(H,17,18). The van der Waals surface area contributed by atoms with Crippen molar-refractivity contribution >= 4 is 23.3 Å². The Kier molecular flexibility index (Phi) is 4.50. The van der Waals surface area contributed by atoms with E-state index in [0.717, 1.165) is 32.4 Å². The van der Waals surface area contributed by atoms with Crippen molar-refractivity contribution in [3.05, 3.63) is 22.8 Å². The van der Waals surface area contributed by atoms with Gasteiger partial charge in [0, 0.05) is 19.3 Å². The Morgan fingerprint density at radius 3 is 2.85 bits per heavy atom. The van der Waals surface area contributed by atoms with Gasteiger partial charge in [0.05, 0.1) is 10.6 Å². The number of amides is 1. The molecule has 3 N–H and O–H groups in total. The Morgan fingerprint density at radius 1 is 1.45 bits per heavy atom. The van der Waals surface area contributed by atoms with E-state index in [4.69, 9.17) is 17.4 Å². The van der Waals surface area contributed by atoms with Gasteiger partial charge in [-0.05, 0) is 30.7 Å². The number of nitrogen functional groups attached to an aromatic ring is 1. The van der Waals surface area contributed by atoms with Gasteiger partial charge in [-0.1, -0.05) is 25.4 Å². The lowest BCUT2D eigenvalue weighted by Crippen LogP contribution is -2.32. The summed E-state index contributed by atoms with van der Waals surface area (Å²) >= 11 is 6.01. The summed E-state index contributed by atoms with van der Waals surface area (Å²) in [6.45, 7) is 6.07. The van der Waals surface area contributed by atoms with E-state index in [0.29, 0.717) is 21.8 Å². The maximum atomic E-state index is 12.5. The quantitative estimate of drug-likeness (QED) is 0.650. The summed E-state index contributed by atoms with van der Waals surface area (Å²) in [7, 11) is 0. The van der Waals surface area contributed by atoms with E-state index in [2.05, 4.69) is 24.3 Å². The molecule has 0 spiro atoms. The molecular formula is C14H21ClN4O. The first kappa shape index (κ1) is 15.1. The lowest BCUT2D eigenvalue weighted by molar-refractivity contribution is 0.0757. The molecular weight excluding hydrogens is 276 g/mol. The third kappa shape index (κ3) is 3.41. The van der Waals surface area contributed by atoms with Gasteiger partial charge in [-0.15, -0.1) is 0 Å². The molecule has 2 heterocycles. The molecule has 0 saturated carbocycles. The molecule has 0 bridgehead atoms. The van der Waals surface area contributed by atoms with Gasteiger partial charge in [-0.3, -0.25) is 4.79 Å². The molecule has 1 aromatic heterocycles. The monoisotopic (exact) mass is 296 g/mol. The van der Waals surface area contributed by atoms with Crippen molar-refractivity contribution in [3.63, 3.8) is 0 Å². The summed E-state index contributed by atoms with van der Waals surface area (Å²) in [5.74, 6) is 5.64. The lowest BCUT2D eigenvalue weighted by atomic mass is 9.85. The number of likely N-dealkylation sites (tertiary alicyclic amines) is 1. The van der Waals surface area contributed by atoms with Crippen LogP contribution in [0.4, 0.5) is 5.82 Å². The Bertz CT molecular complexity index is 504. The predicted octanol–water partition coefficient (Wildman–Crippen LogP) is 2.67. The Balaban J connectivity index is 2.13. The molecule has 0 unspecified atom stereocenters. The van der Waals surface area contributed by atoms with Crippen molar-refractivity contribution in [2.75, 3.05) is 18.5 Å². The maximum Gasteiger partial charge on any atom is 0.255 e. The molecule has 2 rings (SSSR count). The maximum absolute atomic E-state index is 12.5. The third-order valence-corrected chi connectivity index (χ3v) is 4.14. The van der Waals surface area contributed by atoms with E-state index in [-0.39, 0.29) is 5.91 Å². The van der Waals surface area contributed by atoms with Crippen LogP contribution < -0.4 is 11.3 Å². The fourth-order valence-corrected chi connectivity index (χ4v) is 2.69. The number of nitrogens with two attached hydrogens (primary N) is 1. The SMILES string of the molecule is CC1(C)CCCN(C(=O)c2cnc(NN)c(Cl)c2)CC1. The minimum absolute atomic E-state index is 0.0133. The number of anilines is 1. The molecule has 20 heavy (non-hydrogen) atoms. The number of hydrazine groups is 1. The van der Waals surface area contributed by atoms with E-state index in [9.17, 15) is 4.79 Å². The van der Waals surface area contributed by atoms with Gasteiger partial charge in [0.15, 0.2) is 5.82 Å². The fraction of sp³-hybridized carbons (Fsp3) is 0.571. The molecule has 110 valence electrons. The van der Waals surface area contributed by atoms with Gasteiger partial charge >= 0.3 is 0 Å². The van der Waals surface area contributed by atoms with Crippen LogP contribution in [-0.2, 0) is 0 Å². The zero-order valence-corrected chi connectivity index (χ0v) is 12.7. The smallest absolute Gasteiger partial charge is 0.255 e. The zero-order valence-electron chi connectivity index (χ0n) is 11.9. The third-order valence-electron chi connectivity index (χ3n) is 3.85. The van der Waals surface area contributed by atoms with Crippen molar-refractivity contribution < 1.29 is 4.79 Å². The molecule has 0 aliphatic carbocycles. The largest absolute Gasteiger partial charge is 0.339 e. The molecule has 1 aliphatic heterocycles. The molecule has 0 aromatic carbocycles. The van der Waals surface area contributed by atoms with Crippen LogP contribution in [0.25, 0.3) is 0 Å². The van der Waals surface area contributed by atoms with Gasteiger partial charge < -0.3 is 10.3 Å². The molecule has 6 heteroatoms. The Morgan fingerprint density at radius 2 is 2.20 bits per heavy atom. The molecule has 1 saturated heterocycles. The van der Waals surface area contributed by atoms with Crippen LogP contribution in [0, 0.1) is 5.41 Å². The van der Waals surface area contributed by atoms with Gasteiger partial charge in [-0.25, -0.2) is 10.8 Å². The van der Waals surface area contributed by atoms with Crippen molar-refractivity contribution in [1.29, 1.82) is 0 Å². The number of rotatable bonds is 2. The second-order valence-electron chi connectivity index (χ2n) is 6.01. The number of nitrogens with one attached hydrogen (secondary N) is 1. The summed E-state index contributed by atoms with van der Waals surface area (Å²) < 4.78 is 0. The number of carbonyl (C=O) groups excluding carboxylic acids is 1. The van der Waals surface area contributed by atoms with Crippen LogP contribution in [0.5, 0.6) is 0 Å². The summed E-state index contributed by atoms with van der Waals surface area (Å²) in [6, 6.07) is 1.61. The average Bonchev–Trinajstić information content (AvgIpc) is 2.59. The van der Waals surface area contributed by atoms with Crippen LogP contribution in [-0.4, -0.2) is 28.9 Å². The van der Waals surface area contributed by atoms with E-state index < -0.39 is 0 Å². The first-order chi connectivity index (χ1) is 9.43. The van der Waals surface area contributed by atoms with Gasteiger partial charge in [0.1, 0.15) is 0 Å². The number of nitrogens with zero attached hydrogens (tertiary/aromatic N) is 2. The van der Waals surface area contributed by atoms with Crippen LogP contribution in [0.15, 0.2) is 12.3 Å². The normalized spacial score (nSPS) is 18.5.